The number of nitrogens with two attached hydrogens (primary N) is 1. The highest BCUT2D eigenvalue weighted by molar-refractivity contribution is 6.06. The van der Waals surface area contributed by atoms with Crippen molar-refractivity contribution in [3.05, 3.63) is 35.9 Å². The highest BCUT2D eigenvalue weighted by Crippen LogP contribution is 2.22. The predicted molar refractivity (Wildman–Crippen MR) is 74.7 cm³/mol. The fourth-order valence-electron chi connectivity index (χ4n) is 1.91. The lowest BCUT2D eigenvalue weighted by Gasteiger charge is -2.14. The summed E-state index contributed by atoms with van der Waals surface area (Å²) in [5, 5.41) is 8.50. The maximum Gasteiger partial charge on any atom is 0.214 e. The van der Waals surface area contributed by atoms with Crippen molar-refractivity contribution in [2.75, 3.05) is 13.7 Å². The first-order valence-corrected chi connectivity index (χ1v) is 6.01. The van der Waals surface area contributed by atoms with Crippen LogP contribution < -0.4 is 10.5 Å². The van der Waals surface area contributed by atoms with Gasteiger partial charge in [-0.3, -0.25) is 5.41 Å². The van der Waals surface area contributed by atoms with Crippen molar-refractivity contribution in [3.63, 3.8) is 0 Å². The van der Waals surface area contributed by atoms with E-state index < -0.39 is 0 Å². The summed E-state index contributed by atoms with van der Waals surface area (Å²) in [4.78, 5) is 4.41. The molecule has 100 valence electrons. The van der Waals surface area contributed by atoms with Gasteiger partial charge in [0.25, 0.3) is 0 Å². The number of hydrogen-bond acceptors (Lipinski definition) is 4. The predicted octanol–water partition coefficient (Wildman–Crippen LogP) is 1.93. The van der Waals surface area contributed by atoms with Crippen molar-refractivity contribution in [2.45, 2.75) is 13.0 Å². The van der Waals surface area contributed by atoms with E-state index in [0.717, 1.165) is 10.9 Å². The van der Waals surface area contributed by atoms with Gasteiger partial charge in [0.15, 0.2) is 0 Å². The molecule has 1 aromatic carbocycles. The number of fused-ring (bicyclic) bond motifs is 1. The highest BCUT2D eigenvalue weighted by atomic mass is 16.5. The highest BCUT2D eigenvalue weighted by Gasteiger charge is 2.11. The zero-order chi connectivity index (χ0) is 13.8. The summed E-state index contributed by atoms with van der Waals surface area (Å²) >= 11 is 0. The van der Waals surface area contributed by atoms with Gasteiger partial charge in [0.2, 0.25) is 5.88 Å². The van der Waals surface area contributed by atoms with Gasteiger partial charge in [-0.05, 0) is 13.0 Å². The number of para-hydroxylation sites is 1. The van der Waals surface area contributed by atoms with Gasteiger partial charge < -0.3 is 15.2 Å². The molecule has 1 unspecified atom stereocenters. The van der Waals surface area contributed by atoms with Crippen LogP contribution in [0.15, 0.2) is 30.3 Å². The Bertz CT molecular complexity index is 598. The Kier molecular flexibility index (Phi) is 3.97. The number of amidine groups is 1. The number of pyridine rings is 1. The minimum Gasteiger partial charge on any atom is -0.472 e. The Hall–Kier alpha value is -2.14. The van der Waals surface area contributed by atoms with Gasteiger partial charge in [0, 0.05) is 24.1 Å². The lowest BCUT2D eigenvalue weighted by molar-refractivity contribution is 0.0892. The van der Waals surface area contributed by atoms with Crippen LogP contribution in [0.1, 0.15) is 12.5 Å². The molecule has 1 aromatic heterocycles. The average Bonchev–Trinajstić information content (AvgIpc) is 2.37. The van der Waals surface area contributed by atoms with Gasteiger partial charge in [-0.15, -0.1) is 0 Å². The molecule has 0 aliphatic carbocycles. The van der Waals surface area contributed by atoms with E-state index in [0.29, 0.717) is 18.1 Å². The SMILES string of the molecule is COCC(C)Oc1cc(C(=N)N)c2ccccc2n1. The van der Waals surface area contributed by atoms with Gasteiger partial charge in [0.1, 0.15) is 11.9 Å². The molecule has 2 rings (SSSR count). The molecular formula is C14H17N3O2. The average molecular weight is 259 g/mol. The lowest BCUT2D eigenvalue weighted by atomic mass is 10.1. The summed E-state index contributed by atoms with van der Waals surface area (Å²) in [6.45, 7) is 2.37. The molecule has 0 saturated carbocycles. The molecule has 0 radical (unpaired) electrons. The van der Waals surface area contributed by atoms with Crippen molar-refractivity contribution >= 4 is 16.7 Å². The van der Waals surface area contributed by atoms with Crippen LogP contribution in [0.4, 0.5) is 0 Å². The van der Waals surface area contributed by atoms with Gasteiger partial charge in [-0.2, -0.15) is 0 Å². The molecule has 0 aliphatic heterocycles. The molecule has 0 bridgehead atoms. The van der Waals surface area contributed by atoms with Crippen molar-refractivity contribution in [2.24, 2.45) is 5.73 Å². The quantitative estimate of drug-likeness (QED) is 0.635. The van der Waals surface area contributed by atoms with Crippen LogP contribution >= 0.6 is 0 Å². The first kappa shape index (κ1) is 13.3. The Morgan fingerprint density at radius 1 is 1.42 bits per heavy atom. The number of nitrogen functional groups attached to an aromatic ring is 1. The maximum atomic E-state index is 7.65. The summed E-state index contributed by atoms with van der Waals surface area (Å²) < 4.78 is 10.7. The minimum absolute atomic E-state index is 0.00263. The Balaban J connectivity index is 2.43. The third-order valence-electron chi connectivity index (χ3n) is 2.71. The molecule has 0 saturated heterocycles. The van der Waals surface area contributed by atoms with E-state index in [1.54, 1.807) is 13.2 Å². The van der Waals surface area contributed by atoms with Gasteiger partial charge in [0.05, 0.1) is 12.1 Å². The molecule has 0 spiro atoms. The Labute approximate surface area is 111 Å². The summed E-state index contributed by atoms with van der Waals surface area (Å²) in [5.74, 6) is 0.455. The normalized spacial score (nSPS) is 12.3. The number of methoxy groups -OCH3 is 1. The molecule has 1 atom stereocenters. The molecule has 0 fully saturated rings. The molecule has 0 aliphatic rings. The molecule has 5 heteroatoms. The number of benzene rings is 1. The number of hydrogen-bond donors (Lipinski definition) is 2. The van der Waals surface area contributed by atoms with Crippen LogP contribution in [0.5, 0.6) is 5.88 Å². The van der Waals surface area contributed by atoms with Crippen LogP contribution in [0.25, 0.3) is 10.9 Å². The summed E-state index contributed by atoms with van der Waals surface area (Å²) in [7, 11) is 1.62. The third kappa shape index (κ3) is 3.00. The van der Waals surface area contributed by atoms with E-state index >= 15 is 0 Å². The van der Waals surface area contributed by atoms with E-state index in [-0.39, 0.29) is 11.9 Å². The standard InChI is InChI=1S/C14H17N3O2/c1-9(8-18-2)19-13-7-11(14(15)16)10-5-3-4-6-12(10)17-13/h3-7,9H,8H2,1-2H3,(H3,15,16). The van der Waals surface area contributed by atoms with E-state index in [4.69, 9.17) is 20.6 Å². The van der Waals surface area contributed by atoms with E-state index in [2.05, 4.69) is 4.98 Å². The van der Waals surface area contributed by atoms with Crippen molar-refractivity contribution in [3.8, 4) is 5.88 Å². The first-order chi connectivity index (χ1) is 9.11. The second-order valence-electron chi connectivity index (χ2n) is 4.32. The van der Waals surface area contributed by atoms with Crippen LogP contribution in [0.3, 0.4) is 0 Å². The van der Waals surface area contributed by atoms with Gasteiger partial charge in [-0.25, -0.2) is 4.98 Å². The second kappa shape index (κ2) is 5.67. The van der Waals surface area contributed by atoms with Crippen LogP contribution in [-0.2, 0) is 4.74 Å². The molecular weight excluding hydrogens is 242 g/mol. The number of nitrogens with one attached hydrogen (secondary N) is 1. The van der Waals surface area contributed by atoms with Gasteiger partial charge >= 0.3 is 0 Å². The topological polar surface area (TPSA) is 81.2 Å². The fraction of sp³-hybridized carbons (Fsp3) is 0.286. The molecule has 2 aromatic rings. The zero-order valence-corrected chi connectivity index (χ0v) is 11.0. The number of nitrogens with zero attached hydrogens (tertiary/aromatic N) is 1. The van der Waals surface area contributed by atoms with Crippen molar-refractivity contribution in [1.82, 2.24) is 4.98 Å². The summed E-state index contributed by atoms with van der Waals surface area (Å²) in [5.41, 5.74) is 7.00. The first-order valence-electron chi connectivity index (χ1n) is 6.01. The van der Waals surface area contributed by atoms with E-state index in [1.807, 2.05) is 31.2 Å². The smallest absolute Gasteiger partial charge is 0.214 e. The summed E-state index contributed by atoms with van der Waals surface area (Å²) in [6.07, 6.45) is -0.113. The zero-order valence-electron chi connectivity index (χ0n) is 11.0. The number of aromatic nitrogens is 1. The largest absolute Gasteiger partial charge is 0.472 e. The number of rotatable bonds is 5. The van der Waals surface area contributed by atoms with Crippen molar-refractivity contribution < 1.29 is 9.47 Å². The number of ether oxygens (including phenoxy) is 2. The van der Waals surface area contributed by atoms with Crippen LogP contribution in [0, 0.1) is 5.41 Å². The van der Waals surface area contributed by atoms with Crippen molar-refractivity contribution in [1.29, 1.82) is 5.41 Å². The third-order valence-corrected chi connectivity index (χ3v) is 2.71. The minimum atomic E-state index is -0.113. The molecule has 0 amide bonds. The second-order valence-corrected chi connectivity index (χ2v) is 4.32. The van der Waals surface area contributed by atoms with E-state index in [9.17, 15) is 0 Å². The molecule has 5 nitrogen and oxygen atoms in total. The Morgan fingerprint density at radius 3 is 2.84 bits per heavy atom. The van der Waals surface area contributed by atoms with E-state index in [1.165, 1.54) is 0 Å². The molecule has 19 heavy (non-hydrogen) atoms. The monoisotopic (exact) mass is 259 g/mol. The maximum absolute atomic E-state index is 7.65. The Morgan fingerprint density at radius 2 is 2.16 bits per heavy atom. The fourth-order valence-corrected chi connectivity index (χ4v) is 1.91. The lowest BCUT2D eigenvalue weighted by Crippen LogP contribution is -2.19. The molecule has 3 N–H and O–H groups in total. The van der Waals surface area contributed by atoms with Crippen LogP contribution in [-0.4, -0.2) is 30.6 Å². The summed E-state index contributed by atoms with van der Waals surface area (Å²) in [6, 6.07) is 9.24. The molecule has 1 heterocycles. The van der Waals surface area contributed by atoms with Gasteiger partial charge in [-0.1, -0.05) is 18.2 Å². The van der Waals surface area contributed by atoms with Crippen LogP contribution in [0.2, 0.25) is 0 Å².